The van der Waals surface area contributed by atoms with Crippen molar-refractivity contribution in [1.29, 1.82) is 0 Å². The van der Waals surface area contributed by atoms with Gasteiger partial charge in [-0.3, -0.25) is 9.48 Å². The Labute approximate surface area is 204 Å². The van der Waals surface area contributed by atoms with Crippen LogP contribution >= 0.6 is 46.1 Å². The number of amides is 1. The Hall–Kier alpha value is -2.51. The molecule has 4 aromatic rings. The van der Waals surface area contributed by atoms with E-state index in [4.69, 9.17) is 39.5 Å². The van der Waals surface area contributed by atoms with E-state index in [0.717, 1.165) is 16.7 Å². The molecule has 0 unspecified atom stereocenters. The van der Waals surface area contributed by atoms with Crippen LogP contribution in [0.5, 0.6) is 5.75 Å². The number of nitrogens with zero attached hydrogens (tertiary/aromatic N) is 2. The summed E-state index contributed by atoms with van der Waals surface area (Å²) in [6.45, 7) is 2.81. The number of aryl methyl sites for hydroxylation is 1. The molecule has 4 rings (SSSR count). The average Bonchev–Trinajstić information content (AvgIpc) is 3.41. The molecule has 0 saturated carbocycles. The van der Waals surface area contributed by atoms with E-state index in [1.165, 1.54) is 11.3 Å². The summed E-state index contributed by atoms with van der Waals surface area (Å²) in [4.78, 5) is 13.2. The number of ether oxygens (including phenoxy) is 1. The molecule has 0 fully saturated rings. The van der Waals surface area contributed by atoms with Crippen molar-refractivity contribution in [3.05, 3.63) is 96.7 Å². The number of hydrogen-bond donors (Lipinski definition) is 1. The van der Waals surface area contributed by atoms with Gasteiger partial charge in [0.2, 0.25) is 0 Å². The predicted molar refractivity (Wildman–Crippen MR) is 131 cm³/mol. The fourth-order valence-corrected chi connectivity index (χ4v) is 4.26. The van der Waals surface area contributed by atoms with Crippen LogP contribution in [0.25, 0.3) is 0 Å². The zero-order valence-corrected chi connectivity index (χ0v) is 20.0. The minimum atomic E-state index is -0.227. The maximum Gasteiger partial charge on any atom is 0.266 e. The molecule has 5 nitrogen and oxygen atoms in total. The molecule has 0 saturated heterocycles. The molecule has 1 amide bonds. The Morgan fingerprint density at radius 3 is 2.66 bits per heavy atom. The van der Waals surface area contributed by atoms with E-state index in [-0.39, 0.29) is 5.91 Å². The fraction of sp³-hybridized carbons (Fsp3) is 0.130. The zero-order chi connectivity index (χ0) is 22.7. The van der Waals surface area contributed by atoms with Gasteiger partial charge in [-0.25, -0.2) is 0 Å². The minimum Gasteiger partial charge on any atom is -0.487 e. The highest BCUT2D eigenvalue weighted by Crippen LogP contribution is 2.27. The summed E-state index contributed by atoms with van der Waals surface area (Å²) >= 11 is 19.5. The zero-order valence-electron chi connectivity index (χ0n) is 16.9. The number of halogens is 3. The SMILES string of the molecule is Cc1ccc(Cl)c(OCc2csc(C(=O)Nc3ccn(Cc4ccc(Cl)c(Cl)c4)n3)c2)c1. The third-order valence-electron chi connectivity index (χ3n) is 4.57. The monoisotopic (exact) mass is 505 g/mol. The van der Waals surface area contributed by atoms with Crippen LogP contribution in [0.3, 0.4) is 0 Å². The Morgan fingerprint density at radius 2 is 1.84 bits per heavy atom. The first-order valence-electron chi connectivity index (χ1n) is 9.62. The third-order valence-corrected chi connectivity index (χ3v) is 6.60. The highest BCUT2D eigenvalue weighted by atomic mass is 35.5. The lowest BCUT2D eigenvalue weighted by molar-refractivity contribution is 0.103. The topological polar surface area (TPSA) is 56.1 Å². The van der Waals surface area contributed by atoms with E-state index in [2.05, 4.69) is 10.4 Å². The molecule has 0 aliphatic carbocycles. The normalized spacial score (nSPS) is 10.9. The minimum absolute atomic E-state index is 0.227. The van der Waals surface area contributed by atoms with Gasteiger partial charge in [-0.15, -0.1) is 11.3 Å². The van der Waals surface area contributed by atoms with Gasteiger partial charge in [-0.05, 0) is 53.8 Å². The maximum absolute atomic E-state index is 12.6. The Bertz CT molecular complexity index is 1270. The van der Waals surface area contributed by atoms with Crippen LogP contribution in [0.2, 0.25) is 15.1 Å². The lowest BCUT2D eigenvalue weighted by atomic mass is 10.2. The van der Waals surface area contributed by atoms with E-state index in [9.17, 15) is 4.79 Å². The average molecular weight is 507 g/mol. The first-order chi connectivity index (χ1) is 15.4. The first kappa shape index (κ1) is 22.7. The molecule has 0 spiro atoms. The lowest BCUT2D eigenvalue weighted by Crippen LogP contribution is -2.11. The van der Waals surface area contributed by atoms with Gasteiger partial charge in [0.25, 0.3) is 5.91 Å². The molecular weight excluding hydrogens is 489 g/mol. The van der Waals surface area contributed by atoms with E-state index in [1.807, 2.05) is 30.5 Å². The van der Waals surface area contributed by atoms with Crippen LogP contribution in [0, 0.1) is 6.92 Å². The number of nitrogens with one attached hydrogen (secondary N) is 1. The molecule has 0 atom stereocenters. The van der Waals surface area contributed by atoms with Crippen LogP contribution in [-0.2, 0) is 13.2 Å². The summed E-state index contributed by atoms with van der Waals surface area (Å²) in [6, 6.07) is 14.6. The number of carbonyl (C=O) groups is 1. The van der Waals surface area contributed by atoms with Crippen LogP contribution < -0.4 is 10.1 Å². The molecule has 164 valence electrons. The van der Waals surface area contributed by atoms with Crippen molar-refractivity contribution in [2.75, 3.05) is 5.32 Å². The van der Waals surface area contributed by atoms with Gasteiger partial charge in [-0.1, -0.05) is 46.9 Å². The van der Waals surface area contributed by atoms with Crippen molar-refractivity contribution < 1.29 is 9.53 Å². The van der Waals surface area contributed by atoms with Crippen LogP contribution in [0.15, 0.2) is 60.1 Å². The van der Waals surface area contributed by atoms with Gasteiger partial charge in [0.1, 0.15) is 12.4 Å². The molecule has 1 N–H and O–H groups in total. The van der Waals surface area contributed by atoms with Gasteiger partial charge in [0.05, 0.1) is 26.5 Å². The summed E-state index contributed by atoms with van der Waals surface area (Å²) in [7, 11) is 0. The van der Waals surface area contributed by atoms with Crippen LogP contribution in [0.1, 0.15) is 26.4 Å². The largest absolute Gasteiger partial charge is 0.487 e. The summed E-state index contributed by atoms with van der Waals surface area (Å²) in [5.41, 5.74) is 2.91. The maximum atomic E-state index is 12.6. The second kappa shape index (κ2) is 9.96. The molecule has 2 aromatic carbocycles. The van der Waals surface area contributed by atoms with Crippen molar-refractivity contribution in [2.45, 2.75) is 20.1 Å². The molecule has 32 heavy (non-hydrogen) atoms. The molecule has 2 heterocycles. The lowest BCUT2D eigenvalue weighted by Gasteiger charge is -2.07. The third kappa shape index (κ3) is 5.64. The van der Waals surface area contributed by atoms with Gasteiger partial charge >= 0.3 is 0 Å². The number of hydrogen-bond acceptors (Lipinski definition) is 4. The van der Waals surface area contributed by atoms with E-state index >= 15 is 0 Å². The number of thiophene rings is 1. The van der Waals surface area contributed by atoms with Crippen molar-refractivity contribution in [2.24, 2.45) is 0 Å². The molecular formula is C23H18Cl3N3O2S. The molecule has 0 aliphatic heterocycles. The van der Waals surface area contributed by atoms with Crippen molar-refractivity contribution in [3.8, 4) is 5.75 Å². The number of rotatable bonds is 7. The Morgan fingerprint density at radius 1 is 1.03 bits per heavy atom. The number of benzene rings is 2. The Kier molecular flexibility index (Phi) is 7.06. The number of anilines is 1. The molecule has 0 bridgehead atoms. The smallest absolute Gasteiger partial charge is 0.266 e. The Balaban J connectivity index is 1.35. The molecule has 0 aliphatic rings. The summed E-state index contributed by atoms with van der Waals surface area (Å²) < 4.78 is 7.52. The number of carbonyl (C=O) groups excluding carboxylic acids is 1. The van der Waals surface area contributed by atoms with Crippen molar-refractivity contribution in [1.82, 2.24) is 9.78 Å². The van der Waals surface area contributed by atoms with E-state index in [0.29, 0.717) is 44.7 Å². The van der Waals surface area contributed by atoms with Gasteiger partial charge in [-0.2, -0.15) is 5.10 Å². The van der Waals surface area contributed by atoms with Gasteiger partial charge in [0, 0.05) is 17.8 Å². The van der Waals surface area contributed by atoms with Gasteiger partial charge in [0.15, 0.2) is 5.82 Å². The van der Waals surface area contributed by atoms with E-state index < -0.39 is 0 Å². The predicted octanol–water partition coefficient (Wildman–Crippen LogP) is 7.09. The fourth-order valence-electron chi connectivity index (χ4n) is 2.97. The highest BCUT2D eigenvalue weighted by Gasteiger charge is 2.12. The van der Waals surface area contributed by atoms with E-state index in [1.54, 1.807) is 41.2 Å². The van der Waals surface area contributed by atoms with Gasteiger partial charge < -0.3 is 10.1 Å². The standard InChI is InChI=1S/C23H18Cl3N3O2S/c1-14-2-4-18(25)20(8-14)31-12-16-10-21(32-13-16)23(30)27-22-6-7-29(28-22)11-15-3-5-17(24)19(26)9-15/h2-10,13H,11-12H2,1H3,(H,27,28,30). The summed E-state index contributed by atoms with van der Waals surface area (Å²) in [6.07, 6.45) is 1.79. The van der Waals surface area contributed by atoms with Crippen molar-refractivity contribution in [3.63, 3.8) is 0 Å². The quantitative estimate of drug-likeness (QED) is 0.291. The summed E-state index contributed by atoms with van der Waals surface area (Å²) in [5.74, 6) is 0.860. The highest BCUT2D eigenvalue weighted by molar-refractivity contribution is 7.12. The molecule has 9 heteroatoms. The van der Waals surface area contributed by atoms with Crippen LogP contribution in [0.4, 0.5) is 5.82 Å². The van der Waals surface area contributed by atoms with Crippen molar-refractivity contribution >= 4 is 57.9 Å². The second-order valence-electron chi connectivity index (χ2n) is 7.14. The number of aromatic nitrogens is 2. The second-order valence-corrected chi connectivity index (χ2v) is 9.28. The molecule has 2 aromatic heterocycles. The summed E-state index contributed by atoms with van der Waals surface area (Å²) in [5, 5.41) is 10.7. The first-order valence-corrected chi connectivity index (χ1v) is 11.6. The molecule has 0 radical (unpaired) electrons. The van der Waals surface area contributed by atoms with Crippen LogP contribution in [-0.4, -0.2) is 15.7 Å².